The number of allylic oxidation sites excluding steroid dienone is 2. The first-order valence-electron chi connectivity index (χ1n) is 2.97. The topological polar surface area (TPSA) is 12.0 Å². The van der Waals surface area contributed by atoms with E-state index in [-0.39, 0.29) is 12.4 Å². The number of halogens is 1. The Labute approximate surface area is 71.6 Å². The van der Waals surface area contributed by atoms with Crippen LogP contribution in [0.1, 0.15) is 13.8 Å². The van der Waals surface area contributed by atoms with Crippen LogP contribution in [0.4, 0.5) is 0 Å². The van der Waals surface area contributed by atoms with Gasteiger partial charge in [0.05, 0.1) is 0 Å². The molecule has 0 fully saturated rings. The van der Waals surface area contributed by atoms with Gasteiger partial charge >= 0.3 is 0 Å². The molecule has 0 aromatic heterocycles. The van der Waals surface area contributed by atoms with Crippen LogP contribution < -0.4 is 5.32 Å². The molecule has 0 saturated carbocycles. The van der Waals surface area contributed by atoms with Crippen molar-refractivity contribution < 1.29 is 0 Å². The first-order valence-corrected chi connectivity index (χ1v) is 2.97. The molecule has 0 aliphatic carbocycles. The van der Waals surface area contributed by atoms with E-state index in [1.165, 1.54) is 0 Å². The Balaban J connectivity index is -0.0000000257. The van der Waals surface area contributed by atoms with Crippen LogP contribution in [0.15, 0.2) is 25.3 Å². The van der Waals surface area contributed by atoms with Crippen LogP contribution in [0.25, 0.3) is 0 Å². The lowest BCUT2D eigenvalue weighted by atomic mass is 10.8. The maximum atomic E-state index is 3.36. The Hall–Kier alpha value is -0.270. The molecule has 0 heterocycles. The summed E-state index contributed by atoms with van der Waals surface area (Å²) < 4.78 is 0. The zero-order chi connectivity index (χ0) is 8.12. The summed E-state index contributed by atoms with van der Waals surface area (Å²) in [6.45, 7) is 10.5. The molecular weight excluding hydrogens is 146 g/mol. The van der Waals surface area contributed by atoms with Gasteiger partial charge in [0.15, 0.2) is 0 Å². The van der Waals surface area contributed by atoms with Gasteiger partial charge in [0.1, 0.15) is 0 Å². The lowest BCUT2D eigenvalue weighted by Crippen LogP contribution is -1.89. The van der Waals surface area contributed by atoms with E-state index < -0.39 is 0 Å². The first-order chi connectivity index (χ1) is 4.24. The van der Waals surface area contributed by atoms with Crippen LogP contribution in [-0.2, 0) is 0 Å². The molecule has 0 bridgehead atoms. The van der Waals surface area contributed by atoms with Crippen LogP contribution in [0.2, 0.25) is 0 Å². The van der Waals surface area contributed by atoms with E-state index in [9.17, 15) is 0 Å². The standard InChI is InChI=1S/2C3H6.C2H7N.ClH/c3*1-3-2;/h2*3H,1H2,2H3;3H,1-2H3;1H. The highest BCUT2D eigenvalue weighted by Crippen LogP contribution is 1.38. The summed E-state index contributed by atoms with van der Waals surface area (Å²) in [4.78, 5) is 0. The Kier molecular flexibility index (Phi) is 158. The second-order valence-corrected chi connectivity index (χ2v) is 1.32. The number of rotatable bonds is 0. The van der Waals surface area contributed by atoms with Crippen LogP contribution in [0, 0.1) is 0 Å². The Bertz CT molecular complexity index is 38.5. The highest BCUT2D eigenvalue weighted by Gasteiger charge is 1.25. The van der Waals surface area contributed by atoms with Crippen LogP contribution in [-0.4, -0.2) is 14.1 Å². The van der Waals surface area contributed by atoms with Crippen molar-refractivity contribution >= 4 is 12.4 Å². The molecule has 0 saturated heterocycles. The number of hydrogen-bond donors (Lipinski definition) is 1. The van der Waals surface area contributed by atoms with Crippen LogP contribution >= 0.6 is 12.4 Å². The van der Waals surface area contributed by atoms with Gasteiger partial charge in [-0.15, -0.1) is 25.6 Å². The summed E-state index contributed by atoms with van der Waals surface area (Å²) in [7, 11) is 3.75. The molecule has 0 aliphatic rings. The van der Waals surface area contributed by atoms with Crippen molar-refractivity contribution in [3.63, 3.8) is 0 Å². The van der Waals surface area contributed by atoms with E-state index in [4.69, 9.17) is 0 Å². The quantitative estimate of drug-likeness (QED) is 0.545. The second kappa shape index (κ2) is 70.0. The maximum absolute atomic E-state index is 3.36. The molecule has 0 amide bonds. The minimum atomic E-state index is 0. The average molecular weight is 166 g/mol. The summed E-state index contributed by atoms with van der Waals surface area (Å²) >= 11 is 0. The van der Waals surface area contributed by atoms with E-state index >= 15 is 0 Å². The third-order valence-corrected chi connectivity index (χ3v) is 0. The molecule has 0 radical (unpaired) electrons. The fourth-order valence-corrected chi connectivity index (χ4v) is 0. The lowest BCUT2D eigenvalue weighted by molar-refractivity contribution is 1.02. The highest BCUT2D eigenvalue weighted by molar-refractivity contribution is 5.85. The normalized spacial score (nSPS) is 4.40. The van der Waals surface area contributed by atoms with E-state index in [1.807, 2.05) is 27.9 Å². The third kappa shape index (κ3) is 4800. The zero-order valence-corrected chi connectivity index (χ0v) is 8.29. The summed E-state index contributed by atoms with van der Waals surface area (Å²) in [6.07, 6.45) is 3.50. The van der Waals surface area contributed by atoms with Crippen molar-refractivity contribution in [2.24, 2.45) is 0 Å². The molecule has 1 N–H and O–H groups in total. The molecule has 0 aromatic carbocycles. The summed E-state index contributed by atoms with van der Waals surface area (Å²) in [6, 6.07) is 0. The van der Waals surface area contributed by atoms with E-state index in [0.717, 1.165) is 0 Å². The van der Waals surface area contributed by atoms with Gasteiger partial charge in [0, 0.05) is 0 Å². The van der Waals surface area contributed by atoms with Gasteiger partial charge in [-0.2, -0.15) is 0 Å². The van der Waals surface area contributed by atoms with Gasteiger partial charge in [-0.3, -0.25) is 0 Å². The molecule has 0 rings (SSSR count). The third-order valence-electron chi connectivity index (χ3n) is 0. The smallest absolute Gasteiger partial charge is 0.0167 e. The average Bonchev–Trinajstić information content (AvgIpc) is 1.70. The highest BCUT2D eigenvalue weighted by atomic mass is 35.5. The summed E-state index contributed by atoms with van der Waals surface area (Å²) in [5.74, 6) is 0. The van der Waals surface area contributed by atoms with Gasteiger partial charge in [0.25, 0.3) is 0 Å². The molecular formula is C8H20ClN. The maximum Gasteiger partial charge on any atom is -0.0167 e. The molecule has 10 heavy (non-hydrogen) atoms. The van der Waals surface area contributed by atoms with E-state index in [1.54, 1.807) is 12.2 Å². The van der Waals surface area contributed by atoms with Crippen molar-refractivity contribution in [2.75, 3.05) is 14.1 Å². The predicted molar refractivity (Wildman–Crippen MR) is 54.0 cm³/mol. The Morgan fingerprint density at radius 1 is 1.00 bits per heavy atom. The van der Waals surface area contributed by atoms with Gasteiger partial charge in [-0.1, -0.05) is 12.2 Å². The summed E-state index contributed by atoms with van der Waals surface area (Å²) in [5.41, 5.74) is 0. The lowest BCUT2D eigenvalue weighted by Gasteiger charge is -1.59. The first kappa shape index (κ1) is 22.6. The van der Waals surface area contributed by atoms with Crippen LogP contribution in [0.5, 0.6) is 0 Å². The molecule has 0 aliphatic heterocycles. The molecule has 64 valence electrons. The van der Waals surface area contributed by atoms with E-state index in [2.05, 4.69) is 18.5 Å². The van der Waals surface area contributed by atoms with Crippen molar-refractivity contribution in [3.8, 4) is 0 Å². The number of hydrogen-bond acceptors (Lipinski definition) is 1. The minimum Gasteiger partial charge on any atom is -0.323 e. The van der Waals surface area contributed by atoms with Gasteiger partial charge in [-0.25, -0.2) is 0 Å². The Morgan fingerprint density at radius 3 is 1.00 bits per heavy atom. The van der Waals surface area contributed by atoms with Crippen molar-refractivity contribution in [3.05, 3.63) is 25.3 Å². The SMILES string of the molecule is C=CC.C=CC.CNC.Cl. The molecule has 0 aromatic rings. The summed E-state index contributed by atoms with van der Waals surface area (Å²) in [5, 5.41) is 2.75. The fourth-order valence-electron chi connectivity index (χ4n) is 0. The van der Waals surface area contributed by atoms with Gasteiger partial charge < -0.3 is 5.32 Å². The fraction of sp³-hybridized carbons (Fsp3) is 0.500. The van der Waals surface area contributed by atoms with Crippen LogP contribution in [0.3, 0.4) is 0 Å². The van der Waals surface area contributed by atoms with E-state index in [0.29, 0.717) is 0 Å². The zero-order valence-electron chi connectivity index (χ0n) is 7.48. The van der Waals surface area contributed by atoms with Crippen molar-refractivity contribution in [1.82, 2.24) is 5.32 Å². The molecule has 2 heteroatoms. The largest absolute Gasteiger partial charge is 0.323 e. The van der Waals surface area contributed by atoms with Crippen molar-refractivity contribution in [1.29, 1.82) is 0 Å². The molecule has 0 unspecified atom stereocenters. The van der Waals surface area contributed by atoms with Gasteiger partial charge in [-0.05, 0) is 27.9 Å². The molecule has 0 spiro atoms. The molecule has 1 nitrogen and oxygen atoms in total. The second-order valence-electron chi connectivity index (χ2n) is 1.32. The van der Waals surface area contributed by atoms with Gasteiger partial charge in [0.2, 0.25) is 0 Å². The Morgan fingerprint density at radius 2 is 1.00 bits per heavy atom. The minimum absolute atomic E-state index is 0. The predicted octanol–water partition coefficient (Wildman–Crippen LogP) is 2.64. The number of nitrogens with one attached hydrogen (secondary N) is 1. The van der Waals surface area contributed by atoms with Crippen molar-refractivity contribution in [2.45, 2.75) is 13.8 Å². The monoisotopic (exact) mass is 165 g/mol. The molecule has 0 atom stereocenters.